The second-order valence-corrected chi connectivity index (χ2v) is 11.2. The summed E-state index contributed by atoms with van der Waals surface area (Å²) in [5, 5.41) is 13.4. The average Bonchev–Trinajstić information content (AvgIpc) is 3.65. The fraction of sp³-hybridized carbons (Fsp3) is 0.433. The molecule has 2 atom stereocenters. The molecule has 2 saturated carbocycles. The number of carbonyl (C=O) groups excluding carboxylic acids is 2. The first-order valence-electron chi connectivity index (χ1n) is 14.7. The van der Waals surface area contributed by atoms with Gasteiger partial charge < -0.3 is 20.1 Å². The lowest BCUT2D eigenvalue weighted by atomic mass is 9.96. The molecule has 0 radical (unpaired) electrons. The van der Waals surface area contributed by atoms with E-state index in [0.717, 1.165) is 48.7 Å². The number of aromatic nitrogens is 5. The van der Waals surface area contributed by atoms with E-state index in [9.17, 15) is 14.4 Å². The van der Waals surface area contributed by atoms with Gasteiger partial charge in [-0.15, -0.1) is 0 Å². The number of nitrogens with zero attached hydrogens (tertiary/aromatic N) is 5. The van der Waals surface area contributed by atoms with Crippen LogP contribution in [0.5, 0.6) is 0 Å². The number of nitrogens with one attached hydrogen (secondary N) is 3. The summed E-state index contributed by atoms with van der Waals surface area (Å²) in [6.07, 6.45) is 9.35. The van der Waals surface area contributed by atoms with E-state index in [1.54, 1.807) is 40.2 Å². The Morgan fingerprint density at radius 1 is 0.977 bits per heavy atom. The molecule has 0 saturated heterocycles. The maximum Gasteiger partial charge on any atom is 0.411 e. The van der Waals surface area contributed by atoms with Crippen molar-refractivity contribution in [2.45, 2.75) is 63.6 Å². The van der Waals surface area contributed by atoms with Crippen molar-refractivity contribution in [3.63, 3.8) is 0 Å². The molecule has 6 rings (SSSR count). The van der Waals surface area contributed by atoms with Crippen LogP contribution in [-0.4, -0.2) is 54.8 Å². The van der Waals surface area contributed by atoms with Crippen molar-refractivity contribution in [2.24, 2.45) is 14.1 Å². The molecule has 2 fully saturated rings. The van der Waals surface area contributed by atoms with Crippen molar-refractivity contribution in [3.8, 4) is 11.1 Å². The first-order chi connectivity index (χ1) is 20.8. The van der Waals surface area contributed by atoms with Gasteiger partial charge in [-0.25, -0.2) is 19.4 Å². The minimum Gasteiger partial charge on any atom is -0.450 e. The number of ether oxygens (including phenoxy) is 2. The Kier molecular flexibility index (Phi) is 7.78. The zero-order valence-electron chi connectivity index (χ0n) is 24.5. The van der Waals surface area contributed by atoms with Crippen molar-refractivity contribution in [3.05, 3.63) is 53.3 Å². The van der Waals surface area contributed by atoms with Gasteiger partial charge in [0.2, 0.25) is 0 Å². The molecule has 3 aromatic heterocycles. The fourth-order valence-electron chi connectivity index (χ4n) is 5.78. The standard InChI is InChI=1S/C30H36N8O5/c1-4-42-28(39)34-20-8-9-23(13-20)38-25-14-27(31-16-26(25)37(3)30(38)41)33-21-10-18(19-15-32-36(2)17-19)11-22(12-21)35-29(40)43-24-6-5-7-24/h10-12,14-17,20,23-24H,4-9,13H2,1-3H3,(H,31,33)(H,34,39)(H,35,40)/t20-,23-/m1/s1. The molecular formula is C30H36N8O5. The molecule has 0 bridgehead atoms. The van der Waals surface area contributed by atoms with E-state index in [1.807, 2.05) is 37.5 Å². The van der Waals surface area contributed by atoms with Crippen LogP contribution in [0.4, 0.5) is 26.8 Å². The van der Waals surface area contributed by atoms with E-state index in [4.69, 9.17) is 9.47 Å². The summed E-state index contributed by atoms with van der Waals surface area (Å²) in [4.78, 5) is 42.4. The monoisotopic (exact) mass is 588 g/mol. The van der Waals surface area contributed by atoms with Crippen LogP contribution in [0.25, 0.3) is 22.2 Å². The van der Waals surface area contributed by atoms with E-state index < -0.39 is 12.2 Å². The van der Waals surface area contributed by atoms with Crippen molar-refractivity contribution in [1.82, 2.24) is 29.2 Å². The van der Waals surface area contributed by atoms with Gasteiger partial charge in [0.15, 0.2) is 0 Å². The van der Waals surface area contributed by atoms with Gasteiger partial charge in [-0.2, -0.15) is 5.10 Å². The van der Waals surface area contributed by atoms with Gasteiger partial charge >= 0.3 is 17.9 Å². The Bertz CT molecular complexity index is 1720. The molecule has 0 aliphatic heterocycles. The van der Waals surface area contributed by atoms with Gasteiger partial charge in [0, 0.05) is 55.4 Å². The van der Waals surface area contributed by atoms with Crippen LogP contribution in [-0.2, 0) is 23.6 Å². The lowest BCUT2D eigenvalue weighted by Crippen LogP contribution is -2.34. The minimum atomic E-state index is -0.487. The van der Waals surface area contributed by atoms with E-state index in [0.29, 0.717) is 35.7 Å². The highest BCUT2D eigenvalue weighted by Gasteiger charge is 2.30. The largest absolute Gasteiger partial charge is 0.450 e. The van der Waals surface area contributed by atoms with Gasteiger partial charge in [0.05, 0.1) is 30.0 Å². The SMILES string of the molecule is CCOC(=O)N[C@@H]1CC[C@@H](n2c(=O)n(C)c3cnc(Nc4cc(NC(=O)OC5CCC5)cc(-c5cnn(C)c5)c4)cc32)C1. The van der Waals surface area contributed by atoms with Crippen LogP contribution in [0.1, 0.15) is 51.5 Å². The number of aryl methyl sites for hydroxylation is 2. The van der Waals surface area contributed by atoms with Gasteiger partial charge in [-0.3, -0.25) is 19.1 Å². The van der Waals surface area contributed by atoms with Crippen molar-refractivity contribution >= 4 is 40.4 Å². The summed E-state index contributed by atoms with van der Waals surface area (Å²) < 4.78 is 15.6. The molecule has 13 heteroatoms. The van der Waals surface area contributed by atoms with E-state index in [1.165, 1.54) is 0 Å². The Hall–Kier alpha value is -4.81. The number of pyridine rings is 1. The lowest BCUT2D eigenvalue weighted by molar-refractivity contribution is 0.0624. The third-order valence-corrected chi connectivity index (χ3v) is 8.16. The third-order valence-electron chi connectivity index (χ3n) is 8.16. The summed E-state index contributed by atoms with van der Waals surface area (Å²) in [6.45, 7) is 2.07. The van der Waals surface area contributed by atoms with E-state index in [2.05, 4.69) is 26.0 Å². The summed E-state index contributed by atoms with van der Waals surface area (Å²) in [7, 11) is 3.58. The Balaban J connectivity index is 1.28. The Labute approximate surface area is 248 Å². The molecule has 43 heavy (non-hydrogen) atoms. The number of rotatable bonds is 8. The normalized spacial score (nSPS) is 18.3. The maximum atomic E-state index is 13.3. The summed E-state index contributed by atoms with van der Waals surface area (Å²) in [6, 6.07) is 7.35. The summed E-state index contributed by atoms with van der Waals surface area (Å²) in [5.41, 5.74) is 4.31. The molecule has 4 aromatic rings. The van der Waals surface area contributed by atoms with Crippen molar-refractivity contribution in [2.75, 3.05) is 17.2 Å². The molecule has 1 aromatic carbocycles. The molecule has 13 nitrogen and oxygen atoms in total. The second kappa shape index (κ2) is 11.8. The number of hydrogen-bond donors (Lipinski definition) is 3. The number of carbonyl (C=O) groups is 2. The minimum absolute atomic E-state index is 0.0328. The van der Waals surface area contributed by atoms with E-state index >= 15 is 0 Å². The Morgan fingerprint density at radius 2 is 1.79 bits per heavy atom. The number of hydrogen-bond acceptors (Lipinski definition) is 8. The molecule has 3 heterocycles. The Morgan fingerprint density at radius 3 is 2.51 bits per heavy atom. The van der Waals surface area contributed by atoms with Crippen LogP contribution < -0.4 is 21.6 Å². The number of anilines is 3. The quantitative estimate of drug-likeness (QED) is 0.266. The van der Waals surface area contributed by atoms with Crippen LogP contribution in [0, 0.1) is 0 Å². The zero-order valence-corrected chi connectivity index (χ0v) is 24.5. The van der Waals surface area contributed by atoms with Gasteiger partial charge in [-0.1, -0.05) is 0 Å². The number of amides is 2. The van der Waals surface area contributed by atoms with Crippen LogP contribution >= 0.6 is 0 Å². The van der Waals surface area contributed by atoms with Crippen LogP contribution in [0.15, 0.2) is 47.7 Å². The smallest absolute Gasteiger partial charge is 0.411 e. The summed E-state index contributed by atoms with van der Waals surface area (Å²) >= 11 is 0. The van der Waals surface area contributed by atoms with Gasteiger partial charge in [-0.05, 0) is 69.2 Å². The first-order valence-corrected chi connectivity index (χ1v) is 14.7. The average molecular weight is 589 g/mol. The third kappa shape index (κ3) is 6.06. The number of alkyl carbamates (subject to hydrolysis) is 1. The van der Waals surface area contributed by atoms with Crippen molar-refractivity contribution < 1.29 is 19.1 Å². The summed E-state index contributed by atoms with van der Waals surface area (Å²) in [5.74, 6) is 0.539. The lowest BCUT2D eigenvalue weighted by Gasteiger charge is -2.25. The molecule has 2 amide bonds. The highest BCUT2D eigenvalue weighted by atomic mass is 16.6. The van der Waals surface area contributed by atoms with Gasteiger partial charge in [0.1, 0.15) is 11.9 Å². The highest BCUT2D eigenvalue weighted by molar-refractivity contribution is 5.88. The topological polar surface area (TPSA) is 146 Å². The maximum absolute atomic E-state index is 13.3. The highest BCUT2D eigenvalue weighted by Crippen LogP contribution is 2.33. The molecule has 2 aliphatic rings. The van der Waals surface area contributed by atoms with Crippen molar-refractivity contribution in [1.29, 1.82) is 0 Å². The molecule has 226 valence electrons. The molecule has 3 N–H and O–H groups in total. The van der Waals surface area contributed by atoms with Crippen LogP contribution in [0.2, 0.25) is 0 Å². The molecule has 0 unspecified atom stereocenters. The second-order valence-electron chi connectivity index (χ2n) is 11.2. The zero-order chi connectivity index (χ0) is 30.1. The predicted octanol–water partition coefficient (Wildman–Crippen LogP) is 4.82. The van der Waals surface area contributed by atoms with Gasteiger partial charge in [0.25, 0.3) is 0 Å². The molecular weight excluding hydrogens is 552 g/mol. The number of benzene rings is 1. The number of fused-ring (bicyclic) bond motifs is 1. The predicted molar refractivity (Wildman–Crippen MR) is 161 cm³/mol. The molecule has 2 aliphatic carbocycles. The van der Waals surface area contributed by atoms with E-state index in [-0.39, 0.29) is 23.9 Å². The molecule has 0 spiro atoms. The number of imidazole rings is 1. The first kappa shape index (κ1) is 28.3. The fourth-order valence-corrected chi connectivity index (χ4v) is 5.78. The van der Waals surface area contributed by atoms with Crippen LogP contribution in [0.3, 0.4) is 0 Å².